The molecule has 5 rings (SSSR count). The number of benzene rings is 4. The SMILES string of the molecule is COC(=O)[C@H](Cc1cnc(Br)c2ccccc12)NC(c1ccccc1)(c1ccccc1)c1ccccc1. The Hall–Kier alpha value is -3.80. The number of nitrogens with zero attached hydrogens (tertiary/aromatic N) is 1. The molecule has 0 unspecified atom stereocenters. The number of hydrogen-bond acceptors (Lipinski definition) is 4. The van der Waals surface area contributed by atoms with E-state index in [0.29, 0.717) is 6.42 Å². The summed E-state index contributed by atoms with van der Waals surface area (Å²) in [6, 6.07) is 38.1. The predicted octanol–water partition coefficient (Wildman–Crippen LogP) is 6.66. The number of pyridine rings is 1. The van der Waals surface area contributed by atoms with Crippen molar-refractivity contribution in [3.8, 4) is 0 Å². The van der Waals surface area contributed by atoms with Crippen molar-refractivity contribution in [3.63, 3.8) is 0 Å². The van der Waals surface area contributed by atoms with Crippen LogP contribution in [0.3, 0.4) is 0 Å². The number of rotatable bonds is 8. The molecule has 0 aliphatic heterocycles. The fourth-order valence-corrected chi connectivity index (χ4v) is 5.46. The highest BCUT2D eigenvalue weighted by atomic mass is 79.9. The zero-order valence-corrected chi connectivity index (χ0v) is 22.1. The third-order valence-electron chi connectivity index (χ3n) is 6.75. The van der Waals surface area contributed by atoms with Crippen LogP contribution >= 0.6 is 15.9 Å². The molecule has 4 nitrogen and oxygen atoms in total. The molecule has 0 amide bonds. The topological polar surface area (TPSA) is 51.2 Å². The second-order valence-corrected chi connectivity index (χ2v) is 9.64. The van der Waals surface area contributed by atoms with Gasteiger partial charge in [0.25, 0.3) is 0 Å². The van der Waals surface area contributed by atoms with Crippen LogP contribution < -0.4 is 5.32 Å². The number of esters is 1. The molecular weight excluding hydrogens is 524 g/mol. The number of carbonyl (C=O) groups excluding carboxylic acids is 1. The van der Waals surface area contributed by atoms with Crippen molar-refractivity contribution < 1.29 is 9.53 Å². The average molecular weight is 551 g/mol. The van der Waals surface area contributed by atoms with Crippen LogP contribution in [0.25, 0.3) is 10.8 Å². The number of methoxy groups -OCH3 is 1. The Morgan fingerprint density at radius 1 is 0.784 bits per heavy atom. The number of ether oxygens (including phenoxy) is 1. The van der Waals surface area contributed by atoms with Crippen LogP contribution in [0.15, 0.2) is 126 Å². The molecule has 1 aromatic heterocycles. The van der Waals surface area contributed by atoms with Gasteiger partial charge in [-0.2, -0.15) is 0 Å². The Bertz CT molecular complexity index is 1390. The second kappa shape index (κ2) is 11.1. The lowest BCUT2D eigenvalue weighted by Crippen LogP contribution is -2.53. The maximum Gasteiger partial charge on any atom is 0.323 e. The van der Waals surface area contributed by atoms with E-state index in [1.54, 1.807) is 0 Å². The summed E-state index contributed by atoms with van der Waals surface area (Å²) in [6.45, 7) is 0. The van der Waals surface area contributed by atoms with Gasteiger partial charge in [0, 0.05) is 18.0 Å². The summed E-state index contributed by atoms with van der Waals surface area (Å²) in [5.74, 6) is -0.334. The number of hydrogen-bond donors (Lipinski definition) is 1. The Labute approximate surface area is 225 Å². The summed E-state index contributed by atoms with van der Waals surface area (Å²) in [7, 11) is 1.43. The molecule has 0 aliphatic rings. The zero-order valence-electron chi connectivity index (χ0n) is 20.5. The lowest BCUT2D eigenvalue weighted by molar-refractivity contribution is -0.143. The van der Waals surface area contributed by atoms with Crippen molar-refractivity contribution in [1.82, 2.24) is 10.3 Å². The van der Waals surface area contributed by atoms with Gasteiger partial charge in [0.2, 0.25) is 0 Å². The van der Waals surface area contributed by atoms with Crippen molar-refractivity contribution in [2.45, 2.75) is 18.0 Å². The summed E-state index contributed by atoms with van der Waals surface area (Å²) < 4.78 is 6.12. The highest BCUT2D eigenvalue weighted by molar-refractivity contribution is 9.10. The molecule has 1 heterocycles. The first kappa shape index (κ1) is 24.9. The highest BCUT2D eigenvalue weighted by Gasteiger charge is 2.40. The molecule has 0 fully saturated rings. The third kappa shape index (κ3) is 4.93. The lowest BCUT2D eigenvalue weighted by atomic mass is 9.76. The fraction of sp³-hybridized carbons (Fsp3) is 0.125. The second-order valence-electron chi connectivity index (χ2n) is 8.89. The van der Waals surface area contributed by atoms with Crippen LogP contribution in [0.4, 0.5) is 0 Å². The first-order chi connectivity index (χ1) is 18.1. The van der Waals surface area contributed by atoms with Gasteiger partial charge in [-0.1, -0.05) is 115 Å². The van der Waals surface area contributed by atoms with Gasteiger partial charge in [-0.25, -0.2) is 4.98 Å². The van der Waals surface area contributed by atoms with E-state index in [1.165, 1.54) is 7.11 Å². The number of aromatic nitrogens is 1. The van der Waals surface area contributed by atoms with Crippen LogP contribution in [0.1, 0.15) is 22.3 Å². The summed E-state index contributed by atoms with van der Waals surface area (Å²) in [4.78, 5) is 17.9. The molecule has 1 atom stereocenters. The maximum absolute atomic E-state index is 13.4. The summed E-state index contributed by atoms with van der Waals surface area (Å²) >= 11 is 3.56. The number of carbonyl (C=O) groups is 1. The summed E-state index contributed by atoms with van der Waals surface area (Å²) in [5.41, 5.74) is 3.24. The van der Waals surface area contributed by atoms with Crippen molar-refractivity contribution in [3.05, 3.63) is 148 Å². The average Bonchev–Trinajstić information content (AvgIpc) is 2.97. The van der Waals surface area contributed by atoms with Gasteiger partial charge in [0.05, 0.1) is 12.6 Å². The first-order valence-electron chi connectivity index (χ1n) is 12.2. The molecule has 0 saturated heterocycles. The molecule has 0 radical (unpaired) electrons. The summed E-state index contributed by atoms with van der Waals surface area (Å²) in [5, 5.41) is 5.83. The molecule has 37 heavy (non-hydrogen) atoms. The standard InChI is InChI=1S/C32H27BrN2O2/c1-37-31(36)29(21-23-22-34-30(33)28-20-12-11-19-27(23)28)35-32(24-13-5-2-6-14-24,25-15-7-3-8-16-25)26-17-9-4-10-18-26/h2-20,22,29,35H,21H2,1H3/t29-/m0/s1. The van der Waals surface area contributed by atoms with Gasteiger partial charge >= 0.3 is 5.97 Å². The first-order valence-corrected chi connectivity index (χ1v) is 13.0. The maximum atomic E-state index is 13.4. The van der Waals surface area contributed by atoms with E-state index in [4.69, 9.17) is 4.74 Å². The van der Waals surface area contributed by atoms with Crippen molar-refractivity contribution >= 4 is 32.7 Å². The van der Waals surface area contributed by atoms with Gasteiger partial charge in [-0.15, -0.1) is 0 Å². The smallest absolute Gasteiger partial charge is 0.323 e. The van der Waals surface area contributed by atoms with Crippen molar-refractivity contribution in [2.24, 2.45) is 0 Å². The van der Waals surface area contributed by atoms with Gasteiger partial charge < -0.3 is 4.74 Å². The molecule has 0 aliphatic carbocycles. The van der Waals surface area contributed by atoms with E-state index in [-0.39, 0.29) is 5.97 Å². The Morgan fingerprint density at radius 2 is 1.24 bits per heavy atom. The monoisotopic (exact) mass is 550 g/mol. The Kier molecular flexibility index (Phi) is 7.45. The Balaban J connectivity index is 1.69. The normalized spacial score (nSPS) is 12.3. The third-order valence-corrected chi connectivity index (χ3v) is 7.38. The lowest BCUT2D eigenvalue weighted by Gasteiger charge is -2.39. The number of nitrogens with one attached hydrogen (secondary N) is 1. The molecule has 0 spiro atoms. The minimum atomic E-state index is -0.804. The van der Waals surface area contributed by atoms with Crippen LogP contribution in [0, 0.1) is 0 Å². The van der Waals surface area contributed by atoms with E-state index in [2.05, 4.69) is 68.7 Å². The van der Waals surface area contributed by atoms with Crippen LogP contribution in [-0.4, -0.2) is 24.1 Å². The van der Waals surface area contributed by atoms with Crippen LogP contribution in [0.2, 0.25) is 0 Å². The van der Waals surface area contributed by atoms with E-state index >= 15 is 0 Å². The molecular formula is C32H27BrN2O2. The van der Waals surface area contributed by atoms with Crippen molar-refractivity contribution in [2.75, 3.05) is 7.11 Å². The largest absolute Gasteiger partial charge is 0.468 e. The number of fused-ring (bicyclic) bond motifs is 1. The molecule has 0 bridgehead atoms. The van der Waals surface area contributed by atoms with E-state index in [9.17, 15) is 4.79 Å². The molecule has 1 N–H and O–H groups in total. The van der Waals surface area contributed by atoms with E-state index in [1.807, 2.05) is 79.0 Å². The molecule has 5 aromatic rings. The minimum Gasteiger partial charge on any atom is -0.468 e. The highest BCUT2D eigenvalue weighted by Crippen LogP contribution is 2.38. The van der Waals surface area contributed by atoms with Gasteiger partial charge in [0.1, 0.15) is 10.6 Å². The zero-order chi connectivity index (χ0) is 25.7. The quantitative estimate of drug-likeness (QED) is 0.133. The van der Waals surface area contributed by atoms with Crippen molar-refractivity contribution in [1.29, 1.82) is 0 Å². The molecule has 184 valence electrons. The van der Waals surface area contributed by atoms with Crippen LogP contribution in [0.5, 0.6) is 0 Å². The minimum absolute atomic E-state index is 0.334. The van der Waals surface area contributed by atoms with E-state index in [0.717, 1.165) is 37.6 Å². The number of halogens is 1. The van der Waals surface area contributed by atoms with Gasteiger partial charge in [-0.3, -0.25) is 10.1 Å². The molecule has 4 aromatic carbocycles. The van der Waals surface area contributed by atoms with E-state index < -0.39 is 11.6 Å². The fourth-order valence-electron chi connectivity index (χ4n) is 5.01. The Morgan fingerprint density at radius 3 is 1.73 bits per heavy atom. The predicted molar refractivity (Wildman–Crippen MR) is 151 cm³/mol. The van der Waals surface area contributed by atoms with Gasteiger partial charge in [-0.05, 0) is 43.6 Å². The molecule has 5 heteroatoms. The summed E-state index contributed by atoms with van der Waals surface area (Å²) in [6.07, 6.45) is 2.24. The van der Waals surface area contributed by atoms with Gasteiger partial charge in [0.15, 0.2) is 0 Å². The van der Waals surface area contributed by atoms with Crippen LogP contribution in [-0.2, 0) is 21.5 Å². The molecule has 0 saturated carbocycles.